The molecule has 1 aromatic carbocycles. The third kappa shape index (κ3) is 1.85. The van der Waals surface area contributed by atoms with E-state index >= 15 is 0 Å². The van der Waals surface area contributed by atoms with Crippen molar-refractivity contribution in [1.82, 2.24) is 5.32 Å². The first-order valence-corrected chi connectivity index (χ1v) is 6.78. The zero-order valence-corrected chi connectivity index (χ0v) is 11.3. The Morgan fingerprint density at radius 2 is 2.15 bits per heavy atom. The summed E-state index contributed by atoms with van der Waals surface area (Å²) in [6.45, 7) is 0. The maximum absolute atomic E-state index is 12.2. The minimum absolute atomic E-state index is 0.107. The van der Waals surface area contributed by atoms with Gasteiger partial charge in [-0.3, -0.25) is 9.59 Å². The number of hydrogen-bond donors (Lipinski definition) is 2. The number of methoxy groups -OCH3 is 1. The molecule has 0 saturated heterocycles. The van der Waals surface area contributed by atoms with Gasteiger partial charge >= 0.3 is 5.97 Å². The van der Waals surface area contributed by atoms with Crippen LogP contribution in [0.25, 0.3) is 0 Å². The lowest BCUT2D eigenvalue weighted by atomic mass is 10.0. The Kier molecular flexibility index (Phi) is 2.92. The summed E-state index contributed by atoms with van der Waals surface area (Å²) >= 11 is 0. The van der Waals surface area contributed by atoms with E-state index in [2.05, 4.69) is 5.32 Å². The molecule has 0 aliphatic heterocycles. The van der Waals surface area contributed by atoms with Crippen molar-refractivity contribution >= 4 is 11.9 Å². The fraction of sp³-hybridized carbons (Fsp3) is 0.467. The summed E-state index contributed by atoms with van der Waals surface area (Å²) in [6, 6.07) is 5.66. The third-order valence-corrected chi connectivity index (χ3v) is 4.35. The van der Waals surface area contributed by atoms with Crippen LogP contribution < -0.4 is 10.1 Å². The second-order valence-corrected chi connectivity index (χ2v) is 5.48. The van der Waals surface area contributed by atoms with Crippen molar-refractivity contribution in [2.24, 2.45) is 5.41 Å². The van der Waals surface area contributed by atoms with E-state index in [1.165, 1.54) is 0 Å². The molecule has 1 aromatic rings. The molecule has 1 amide bonds. The van der Waals surface area contributed by atoms with Crippen LogP contribution in [0.4, 0.5) is 0 Å². The first kappa shape index (κ1) is 13.0. The van der Waals surface area contributed by atoms with Crippen LogP contribution in [0.15, 0.2) is 18.2 Å². The summed E-state index contributed by atoms with van der Waals surface area (Å²) in [5.41, 5.74) is 0.973. The van der Waals surface area contributed by atoms with E-state index < -0.39 is 11.4 Å². The van der Waals surface area contributed by atoms with Crippen LogP contribution in [0, 0.1) is 5.41 Å². The number of fused-ring (bicyclic) bond motifs is 1. The Balaban J connectivity index is 1.79. The van der Waals surface area contributed by atoms with Gasteiger partial charge in [0.2, 0.25) is 5.91 Å². The first-order valence-electron chi connectivity index (χ1n) is 6.78. The van der Waals surface area contributed by atoms with Gasteiger partial charge in [-0.05, 0) is 42.9 Å². The number of hydrogen-bond acceptors (Lipinski definition) is 3. The molecule has 3 rings (SSSR count). The number of carboxylic acid groups (broad SMARTS) is 1. The molecule has 0 spiro atoms. The maximum Gasteiger partial charge on any atom is 0.319 e. The second kappa shape index (κ2) is 4.51. The molecule has 0 heterocycles. The average Bonchev–Trinajstić information content (AvgIpc) is 3.17. The van der Waals surface area contributed by atoms with Gasteiger partial charge in [0.25, 0.3) is 0 Å². The maximum atomic E-state index is 12.2. The van der Waals surface area contributed by atoms with Crippen LogP contribution in [-0.2, 0) is 16.0 Å². The second-order valence-electron chi connectivity index (χ2n) is 5.48. The number of amides is 1. The van der Waals surface area contributed by atoms with E-state index in [1.54, 1.807) is 7.11 Å². The van der Waals surface area contributed by atoms with Gasteiger partial charge in [0.1, 0.15) is 11.2 Å². The SMILES string of the molecule is COc1cccc2c1CCC2NC(=O)C1(C(=O)O)CC1. The highest BCUT2D eigenvalue weighted by atomic mass is 16.5. The molecule has 1 fully saturated rings. The van der Waals surface area contributed by atoms with Gasteiger partial charge in [-0.25, -0.2) is 0 Å². The lowest BCUT2D eigenvalue weighted by Gasteiger charge is -2.17. The number of aliphatic carboxylic acids is 1. The van der Waals surface area contributed by atoms with E-state index in [9.17, 15) is 9.59 Å². The molecule has 0 aromatic heterocycles. The topological polar surface area (TPSA) is 75.6 Å². The number of benzene rings is 1. The molecule has 1 unspecified atom stereocenters. The van der Waals surface area contributed by atoms with Crippen LogP contribution in [-0.4, -0.2) is 24.1 Å². The van der Waals surface area contributed by atoms with Crippen molar-refractivity contribution < 1.29 is 19.4 Å². The van der Waals surface area contributed by atoms with Gasteiger partial charge in [0.05, 0.1) is 13.2 Å². The number of carbonyl (C=O) groups is 2. The summed E-state index contributed by atoms with van der Waals surface area (Å²) in [4.78, 5) is 23.3. The Morgan fingerprint density at radius 3 is 2.75 bits per heavy atom. The van der Waals surface area contributed by atoms with Crippen LogP contribution in [0.1, 0.15) is 36.4 Å². The van der Waals surface area contributed by atoms with Gasteiger partial charge in [0, 0.05) is 0 Å². The van der Waals surface area contributed by atoms with Crippen molar-refractivity contribution in [2.45, 2.75) is 31.7 Å². The molecule has 1 atom stereocenters. The fourth-order valence-corrected chi connectivity index (χ4v) is 2.92. The number of nitrogens with one attached hydrogen (secondary N) is 1. The highest BCUT2D eigenvalue weighted by Crippen LogP contribution is 2.47. The number of carboxylic acids is 1. The minimum atomic E-state index is -1.18. The molecule has 2 aliphatic rings. The lowest BCUT2D eigenvalue weighted by Crippen LogP contribution is -2.38. The largest absolute Gasteiger partial charge is 0.496 e. The predicted molar refractivity (Wildman–Crippen MR) is 71.5 cm³/mol. The number of rotatable bonds is 4. The molecular formula is C15H17NO4. The van der Waals surface area contributed by atoms with Crippen molar-refractivity contribution in [1.29, 1.82) is 0 Å². The highest BCUT2D eigenvalue weighted by Gasteiger charge is 2.57. The number of carbonyl (C=O) groups excluding carboxylic acids is 1. The summed E-state index contributed by atoms with van der Waals surface area (Å²) in [5.74, 6) is -0.539. The van der Waals surface area contributed by atoms with E-state index in [0.29, 0.717) is 12.8 Å². The van der Waals surface area contributed by atoms with E-state index in [0.717, 1.165) is 29.7 Å². The smallest absolute Gasteiger partial charge is 0.319 e. The third-order valence-electron chi connectivity index (χ3n) is 4.35. The molecule has 20 heavy (non-hydrogen) atoms. The Morgan fingerprint density at radius 1 is 1.40 bits per heavy atom. The van der Waals surface area contributed by atoms with Crippen molar-refractivity contribution in [2.75, 3.05) is 7.11 Å². The molecule has 0 bridgehead atoms. The normalized spacial score (nSPS) is 21.9. The Bertz CT molecular complexity index is 577. The van der Waals surface area contributed by atoms with E-state index in [4.69, 9.17) is 9.84 Å². The van der Waals surface area contributed by atoms with Crippen molar-refractivity contribution in [3.63, 3.8) is 0 Å². The monoisotopic (exact) mass is 275 g/mol. The fourth-order valence-electron chi connectivity index (χ4n) is 2.92. The zero-order chi connectivity index (χ0) is 14.3. The van der Waals surface area contributed by atoms with E-state index in [-0.39, 0.29) is 11.9 Å². The summed E-state index contributed by atoms with van der Waals surface area (Å²) in [5, 5.41) is 12.0. The van der Waals surface area contributed by atoms with Gasteiger partial charge < -0.3 is 15.2 Å². The van der Waals surface area contributed by atoms with Crippen molar-refractivity contribution in [3.05, 3.63) is 29.3 Å². The zero-order valence-electron chi connectivity index (χ0n) is 11.3. The van der Waals surface area contributed by atoms with Gasteiger partial charge in [-0.2, -0.15) is 0 Å². The molecule has 106 valence electrons. The molecule has 5 heteroatoms. The first-order chi connectivity index (χ1) is 9.58. The highest BCUT2D eigenvalue weighted by molar-refractivity contribution is 6.05. The number of ether oxygens (including phenoxy) is 1. The molecule has 2 aliphatic carbocycles. The van der Waals surface area contributed by atoms with Crippen LogP contribution in [0.3, 0.4) is 0 Å². The molecule has 0 radical (unpaired) electrons. The van der Waals surface area contributed by atoms with E-state index in [1.807, 2.05) is 18.2 Å². The summed E-state index contributed by atoms with van der Waals surface area (Å²) in [6.07, 6.45) is 2.50. The molecule has 1 saturated carbocycles. The lowest BCUT2D eigenvalue weighted by molar-refractivity contribution is -0.149. The van der Waals surface area contributed by atoms with Crippen molar-refractivity contribution in [3.8, 4) is 5.75 Å². The summed E-state index contributed by atoms with van der Waals surface area (Å²) < 4.78 is 5.32. The predicted octanol–water partition coefficient (Wildman–Crippen LogP) is 1.66. The Hall–Kier alpha value is -2.04. The van der Waals surface area contributed by atoms with Crippen LogP contribution in [0.5, 0.6) is 5.75 Å². The standard InChI is InChI=1S/C15H17NO4/c1-20-12-4-2-3-9-10(12)5-6-11(9)16-13(17)15(7-8-15)14(18)19/h2-4,11H,5-8H2,1H3,(H,16,17)(H,18,19). The summed E-state index contributed by atoms with van der Waals surface area (Å²) in [7, 11) is 1.63. The van der Waals surface area contributed by atoms with Gasteiger partial charge in [-0.15, -0.1) is 0 Å². The quantitative estimate of drug-likeness (QED) is 0.819. The van der Waals surface area contributed by atoms with Crippen LogP contribution >= 0.6 is 0 Å². The van der Waals surface area contributed by atoms with Crippen LogP contribution in [0.2, 0.25) is 0 Å². The molecule has 2 N–H and O–H groups in total. The molecule has 5 nitrogen and oxygen atoms in total. The Labute approximate surface area is 116 Å². The van der Waals surface area contributed by atoms with Gasteiger partial charge in [0.15, 0.2) is 0 Å². The van der Waals surface area contributed by atoms with Gasteiger partial charge in [-0.1, -0.05) is 12.1 Å². The average molecular weight is 275 g/mol. The minimum Gasteiger partial charge on any atom is -0.496 e. The molecular weight excluding hydrogens is 258 g/mol.